The van der Waals surface area contributed by atoms with Gasteiger partial charge in [0.05, 0.1) is 0 Å². The van der Waals surface area contributed by atoms with Crippen molar-refractivity contribution < 1.29 is 0 Å². The second-order valence-electron chi connectivity index (χ2n) is 3.32. The number of hydrogen-bond acceptors (Lipinski definition) is 2. The summed E-state index contributed by atoms with van der Waals surface area (Å²) in [7, 11) is 0. The van der Waals surface area contributed by atoms with Crippen molar-refractivity contribution in [3.8, 4) is 0 Å². The van der Waals surface area contributed by atoms with Crippen molar-refractivity contribution in [1.82, 2.24) is 5.32 Å². The molecule has 0 saturated heterocycles. The van der Waals surface area contributed by atoms with Crippen molar-refractivity contribution in [3.05, 3.63) is 46.5 Å². The van der Waals surface area contributed by atoms with Crippen LogP contribution in [0.5, 0.6) is 0 Å². The normalized spacial score (nSPS) is 10.4. The van der Waals surface area contributed by atoms with Crippen molar-refractivity contribution in [2.24, 2.45) is 0 Å². The maximum absolute atomic E-state index is 5.90. The molecule has 0 spiro atoms. The van der Waals surface area contributed by atoms with Crippen LogP contribution in [0, 0.1) is 0 Å². The molecule has 0 unspecified atom stereocenters. The van der Waals surface area contributed by atoms with Gasteiger partial charge in [0, 0.05) is 34.6 Å². The highest BCUT2D eigenvalue weighted by Crippen LogP contribution is 2.18. The van der Waals surface area contributed by atoms with Gasteiger partial charge in [-0.25, -0.2) is 0 Å². The second kappa shape index (κ2) is 8.02. The first kappa shape index (κ1) is 13.9. The lowest BCUT2D eigenvalue weighted by Gasteiger charge is -2.05. The fourth-order valence-electron chi connectivity index (χ4n) is 1.26. The maximum atomic E-state index is 5.90. The molecule has 1 rings (SSSR count). The molecular weight excluding hydrogens is 261 g/mol. The first-order valence-electron chi connectivity index (χ1n) is 5.06. The smallest absolute Gasteiger partial charge is 0.0424 e. The average molecular weight is 276 g/mol. The third kappa shape index (κ3) is 5.80. The Hall–Kier alpha value is -0.150. The molecule has 16 heavy (non-hydrogen) atoms. The second-order valence-corrected chi connectivity index (χ2v) is 5.34. The van der Waals surface area contributed by atoms with Crippen LogP contribution in [0.3, 0.4) is 0 Å². The Kier molecular flexibility index (Phi) is 6.97. The topological polar surface area (TPSA) is 12.0 Å². The monoisotopic (exact) mass is 275 g/mol. The van der Waals surface area contributed by atoms with Gasteiger partial charge in [0.25, 0.3) is 0 Å². The predicted molar refractivity (Wildman–Crippen MR) is 75.7 cm³/mol. The van der Waals surface area contributed by atoms with E-state index in [1.54, 1.807) is 6.07 Å². The first-order chi connectivity index (χ1) is 7.72. The van der Waals surface area contributed by atoms with Crippen molar-refractivity contribution in [1.29, 1.82) is 0 Å². The fourth-order valence-corrected chi connectivity index (χ4v) is 2.45. The van der Waals surface area contributed by atoms with Gasteiger partial charge in [-0.15, -0.1) is 6.58 Å². The Bertz CT molecular complexity index is 322. The molecule has 88 valence electrons. The third-order valence-corrected chi connectivity index (χ3v) is 3.31. The summed E-state index contributed by atoms with van der Waals surface area (Å²) in [5.41, 5.74) is 1.12. The van der Waals surface area contributed by atoms with Gasteiger partial charge in [0.2, 0.25) is 0 Å². The molecule has 1 aromatic rings. The van der Waals surface area contributed by atoms with E-state index in [0.29, 0.717) is 10.0 Å². The Labute approximate surface area is 111 Å². The molecule has 0 aliphatic rings. The van der Waals surface area contributed by atoms with Crippen molar-refractivity contribution in [3.63, 3.8) is 0 Å². The lowest BCUT2D eigenvalue weighted by Crippen LogP contribution is -2.16. The molecule has 0 saturated carbocycles. The van der Waals surface area contributed by atoms with Gasteiger partial charge >= 0.3 is 0 Å². The fraction of sp³-hybridized carbons (Fsp3) is 0.333. The molecule has 1 N–H and O–H groups in total. The molecule has 0 heterocycles. The molecule has 0 fully saturated rings. The summed E-state index contributed by atoms with van der Waals surface area (Å²) in [4.78, 5) is 0. The predicted octanol–water partition coefficient (Wildman–Crippen LogP) is 4.00. The standard InChI is InChI=1S/C12H15Cl2NS/c1-2-4-16-5-3-15-9-10-6-11(13)8-12(14)7-10/h2,6-8,15H,1,3-5,9H2. The van der Waals surface area contributed by atoms with E-state index in [2.05, 4.69) is 11.9 Å². The minimum absolute atomic E-state index is 0.685. The van der Waals surface area contributed by atoms with Crippen molar-refractivity contribution in [2.75, 3.05) is 18.1 Å². The molecular formula is C12H15Cl2NS. The number of halogens is 2. The number of thioether (sulfide) groups is 1. The minimum Gasteiger partial charge on any atom is -0.312 e. The van der Waals surface area contributed by atoms with Crippen LogP contribution in [0.25, 0.3) is 0 Å². The lowest BCUT2D eigenvalue weighted by atomic mass is 10.2. The van der Waals surface area contributed by atoms with E-state index in [9.17, 15) is 0 Å². The molecule has 0 radical (unpaired) electrons. The average Bonchev–Trinajstić information content (AvgIpc) is 2.22. The summed E-state index contributed by atoms with van der Waals surface area (Å²) in [6, 6.07) is 5.60. The van der Waals surface area contributed by atoms with Crippen LogP contribution in [0.15, 0.2) is 30.9 Å². The number of hydrogen-bond donors (Lipinski definition) is 1. The van der Waals surface area contributed by atoms with E-state index < -0.39 is 0 Å². The summed E-state index contributed by atoms with van der Waals surface area (Å²) >= 11 is 13.7. The molecule has 0 aliphatic carbocycles. The summed E-state index contributed by atoms with van der Waals surface area (Å²) < 4.78 is 0. The van der Waals surface area contributed by atoms with Crippen LogP contribution < -0.4 is 5.32 Å². The van der Waals surface area contributed by atoms with Gasteiger partial charge in [0.15, 0.2) is 0 Å². The van der Waals surface area contributed by atoms with Crippen molar-refractivity contribution >= 4 is 35.0 Å². The minimum atomic E-state index is 0.685. The largest absolute Gasteiger partial charge is 0.312 e. The highest BCUT2D eigenvalue weighted by Gasteiger charge is 1.97. The Morgan fingerprint density at radius 2 is 1.94 bits per heavy atom. The summed E-state index contributed by atoms with van der Waals surface area (Å²) in [5.74, 6) is 2.09. The molecule has 0 amide bonds. The van der Waals surface area contributed by atoms with Crippen molar-refractivity contribution in [2.45, 2.75) is 6.54 Å². The summed E-state index contributed by atoms with van der Waals surface area (Å²) in [5, 5.41) is 4.71. The number of rotatable bonds is 7. The van der Waals surface area contributed by atoms with E-state index in [0.717, 1.165) is 30.2 Å². The molecule has 0 atom stereocenters. The van der Waals surface area contributed by atoms with Gasteiger partial charge < -0.3 is 5.32 Å². The summed E-state index contributed by atoms with van der Waals surface area (Å²) in [6.07, 6.45) is 1.92. The van der Waals surface area contributed by atoms with E-state index >= 15 is 0 Å². The zero-order valence-electron chi connectivity index (χ0n) is 9.01. The van der Waals surface area contributed by atoms with E-state index in [4.69, 9.17) is 23.2 Å². The molecule has 1 aromatic carbocycles. The highest BCUT2D eigenvalue weighted by atomic mass is 35.5. The molecule has 0 aliphatic heterocycles. The van der Waals surface area contributed by atoms with Crippen LogP contribution >= 0.6 is 35.0 Å². The molecule has 1 nitrogen and oxygen atoms in total. The lowest BCUT2D eigenvalue weighted by molar-refractivity contribution is 0.732. The van der Waals surface area contributed by atoms with Crippen LogP contribution in [0.2, 0.25) is 10.0 Å². The van der Waals surface area contributed by atoms with Gasteiger partial charge in [-0.05, 0) is 23.8 Å². The van der Waals surface area contributed by atoms with Gasteiger partial charge in [-0.1, -0.05) is 29.3 Å². The molecule has 0 aromatic heterocycles. The van der Waals surface area contributed by atoms with E-state index in [1.807, 2.05) is 30.0 Å². The Balaban J connectivity index is 2.23. The zero-order valence-corrected chi connectivity index (χ0v) is 11.3. The summed E-state index contributed by atoms with van der Waals surface area (Å²) in [6.45, 7) is 5.45. The third-order valence-electron chi connectivity index (χ3n) is 1.91. The van der Waals surface area contributed by atoms with Gasteiger partial charge in [-0.3, -0.25) is 0 Å². The zero-order chi connectivity index (χ0) is 11.8. The molecule has 0 bridgehead atoms. The quantitative estimate of drug-likeness (QED) is 0.596. The van der Waals surface area contributed by atoms with E-state index in [1.165, 1.54) is 0 Å². The SMILES string of the molecule is C=CCSCCNCc1cc(Cl)cc(Cl)c1. The van der Waals surface area contributed by atoms with Crippen LogP contribution in [-0.2, 0) is 6.54 Å². The first-order valence-corrected chi connectivity index (χ1v) is 6.98. The van der Waals surface area contributed by atoms with Crippen LogP contribution in [0.4, 0.5) is 0 Å². The Morgan fingerprint density at radius 1 is 1.25 bits per heavy atom. The molecule has 4 heteroatoms. The van der Waals surface area contributed by atoms with Crippen LogP contribution in [-0.4, -0.2) is 18.1 Å². The highest BCUT2D eigenvalue weighted by molar-refractivity contribution is 7.99. The van der Waals surface area contributed by atoms with E-state index in [-0.39, 0.29) is 0 Å². The van der Waals surface area contributed by atoms with Gasteiger partial charge in [-0.2, -0.15) is 11.8 Å². The van der Waals surface area contributed by atoms with Crippen LogP contribution in [0.1, 0.15) is 5.56 Å². The number of benzene rings is 1. The van der Waals surface area contributed by atoms with Gasteiger partial charge in [0.1, 0.15) is 0 Å². The Morgan fingerprint density at radius 3 is 2.56 bits per heavy atom. The number of nitrogens with one attached hydrogen (secondary N) is 1. The maximum Gasteiger partial charge on any atom is 0.0424 e.